The number of aromatic nitrogens is 2. The van der Waals surface area contributed by atoms with E-state index in [9.17, 15) is 0 Å². The molecule has 1 aliphatic rings. The van der Waals surface area contributed by atoms with E-state index < -0.39 is 0 Å². The molecule has 1 fully saturated rings. The van der Waals surface area contributed by atoms with Crippen molar-refractivity contribution in [2.45, 2.75) is 27.2 Å². The van der Waals surface area contributed by atoms with Crippen molar-refractivity contribution in [2.24, 2.45) is 11.3 Å². The summed E-state index contributed by atoms with van der Waals surface area (Å²) in [5, 5.41) is 7.55. The first-order valence-electron chi connectivity index (χ1n) is 6.39. The molecule has 3 N–H and O–H groups in total. The van der Waals surface area contributed by atoms with E-state index >= 15 is 0 Å². The van der Waals surface area contributed by atoms with Gasteiger partial charge in [-0.3, -0.25) is 0 Å². The highest BCUT2D eigenvalue weighted by molar-refractivity contribution is 7.15. The number of hydrogen-bond acceptors (Lipinski definition) is 6. The van der Waals surface area contributed by atoms with Gasteiger partial charge in [0.05, 0.1) is 5.56 Å². The number of nitrogens with two attached hydrogens (primary N) is 1. The summed E-state index contributed by atoms with van der Waals surface area (Å²) < 4.78 is 4.26. The summed E-state index contributed by atoms with van der Waals surface area (Å²) in [6.45, 7) is 7.61. The van der Waals surface area contributed by atoms with Crippen molar-refractivity contribution in [1.82, 2.24) is 9.36 Å². The van der Waals surface area contributed by atoms with E-state index in [-0.39, 0.29) is 0 Å². The maximum absolute atomic E-state index is 5.98. The van der Waals surface area contributed by atoms with Crippen LogP contribution in [-0.2, 0) is 0 Å². The molecule has 0 aromatic carbocycles. The summed E-state index contributed by atoms with van der Waals surface area (Å²) in [5.74, 6) is 1.33. The molecule has 3 rings (SSSR count). The van der Waals surface area contributed by atoms with Gasteiger partial charge in [-0.05, 0) is 36.2 Å². The van der Waals surface area contributed by atoms with Gasteiger partial charge in [-0.15, -0.1) is 11.3 Å². The van der Waals surface area contributed by atoms with Crippen molar-refractivity contribution in [2.75, 3.05) is 17.6 Å². The highest BCUT2D eigenvalue weighted by Crippen LogP contribution is 2.51. The lowest BCUT2D eigenvalue weighted by Gasteiger charge is -2.06. The van der Waals surface area contributed by atoms with Crippen molar-refractivity contribution in [3.63, 3.8) is 0 Å². The fraction of sp³-hybridized carbons (Fsp3) is 0.538. The van der Waals surface area contributed by atoms with Gasteiger partial charge in [0.1, 0.15) is 15.8 Å². The van der Waals surface area contributed by atoms with Crippen molar-refractivity contribution in [3.05, 3.63) is 11.1 Å². The molecule has 2 aromatic heterocycles. The molecule has 6 heteroatoms. The minimum atomic E-state index is 0.487. The second-order valence-electron chi connectivity index (χ2n) is 5.84. The number of nitrogen functional groups attached to an aromatic ring is 1. The van der Waals surface area contributed by atoms with Crippen LogP contribution in [0.15, 0.2) is 5.38 Å². The fourth-order valence-corrected chi connectivity index (χ4v) is 3.88. The van der Waals surface area contributed by atoms with Crippen LogP contribution in [0.4, 0.5) is 10.8 Å². The van der Waals surface area contributed by atoms with E-state index in [1.165, 1.54) is 18.0 Å². The third-order valence-electron chi connectivity index (χ3n) is 3.78. The van der Waals surface area contributed by atoms with Crippen molar-refractivity contribution in [1.29, 1.82) is 0 Å². The fourth-order valence-electron chi connectivity index (χ4n) is 2.24. The van der Waals surface area contributed by atoms with Gasteiger partial charge in [0.15, 0.2) is 0 Å². The van der Waals surface area contributed by atoms with E-state index in [0.717, 1.165) is 33.7 Å². The molecule has 19 heavy (non-hydrogen) atoms. The minimum absolute atomic E-state index is 0.487. The van der Waals surface area contributed by atoms with Crippen LogP contribution in [0.5, 0.6) is 0 Å². The first-order chi connectivity index (χ1) is 8.97. The standard InChI is InChI=1S/C13H18N4S2/c1-7-6-18-12(16-7)9-10(14)17-19-11(9)15-5-8-4-13(8,2)3/h6,8,15H,4-5H2,1-3H3,(H2,14,17). The first-order valence-corrected chi connectivity index (χ1v) is 8.04. The monoisotopic (exact) mass is 294 g/mol. The number of nitrogens with zero attached hydrogens (tertiary/aromatic N) is 2. The molecule has 0 spiro atoms. The molecule has 1 aliphatic carbocycles. The average molecular weight is 294 g/mol. The average Bonchev–Trinajstić information content (AvgIpc) is 2.68. The Morgan fingerprint density at radius 2 is 2.26 bits per heavy atom. The maximum Gasteiger partial charge on any atom is 0.149 e. The van der Waals surface area contributed by atoms with Crippen LogP contribution >= 0.6 is 22.9 Å². The Labute approximate surface area is 121 Å². The van der Waals surface area contributed by atoms with Gasteiger partial charge < -0.3 is 11.1 Å². The zero-order valence-electron chi connectivity index (χ0n) is 11.4. The van der Waals surface area contributed by atoms with Crippen molar-refractivity contribution >= 4 is 33.7 Å². The van der Waals surface area contributed by atoms with E-state index in [4.69, 9.17) is 5.73 Å². The molecular weight excluding hydrogens is 276 g/mol. The number of nitrogens with one attached hydrogen (secondary N) is 1. The quantitative estimate of drug-likeness (QED) is 0.904. The summed E-state index contributed by atoms with van der Waals surface area (Å²) in [6, 6.07) is 0. The third-order valence-corrected chi connectivity index (χ3v) is 5.57. The Hall–Kier alpha value is -1.14. The van der Waals surface area contributed by atoms with Crippen LogP contribution < -0.4 is 11.1 Å². The minimum Gasteiger partial charge on any atom is -0.382 e. The second-order valence-corrected chi connectivity index (χ2v) is 7.47. The molecule has 1 atom stereocenters. The van der Waals surface area contributed by atoms with Gasteiger partial charge in [-0.25, -0.2) is 4.98 Å². The van der Waals surface area contributed by atoms with Crippen LogP contribution in [0.3, 0.4) is 0 Å². The van der Waals surface area contributed by atoms with E-state index in [1.54, 1.807) is 11.3 Å². The van der Waals surface area contributed by atoms with Crippen LogP contribution in [0.2, 0.25) is 0 Å². The number of hydrogen-bond donors (Lipinski definition) is 2. The topological polar surface area (TPSA) is 63.8 Å². The lowest BCUT2D eigenvalue weighted by Crippen LogP contribution is -2.06. The Balaban J connectivity index is 1.79. The lowest BCUT2D eigenvalue weighted by molar-refractivity contribution is 0.573. The summed E-state index contributed by atoms with van der Waals surface area (Å²) in [6.07, 6.45) is 1.29. The van der Waals surface area contributed by atoms with Gasteiger partial charge in [0, 0.05) is 17.6 Å². The Kier molecular flexibility index (Phi) is 3.02. The van der Waals surface area contributed by atoms with E-state index in [0.29, 0.717) is 11.2 Å². The molecule has 0 aliphatic heterocycles. The van der Waals surface area contributed by atoms with Gasteiger partial charge in [-0.1, -0.05) is 13.8 Å². The molecule has 2 heterocycles. The predicted octanol–water partition coefficient (Wildman–Crippen LogP) is 3.62. The van der Waals surface area contributed by atoms with Crippen LogP contribution in [-0.4, -0.2) is 15.9 Å². The predicted molar refractivity (Wildman–Crippen MR) is 82.7 cm³/mol. The molecule has 0 bridgehead atoms. The van der Waals surface area contributed by atoms with Crippen LogP contribution in [0.1, 0.15) is 26.0 Å². The highest BCUT2D eigenvalue weighted by Gasteiger charge is 2.45. The first kappa shape index (κ1) is 12.9. The number of anilines is 2. The molecule has 0 saturated heterocycles. The largest absolute Gasteiger partial charge is 0.382 e. The highest BCUT2D eigenvalue weighted by atomic mass is 32.1. The Morgan fingerprint density at radius 1 is 1.53 bits per heavy atom. The third kappa shape index (κ3) is 2.47. The second kappa shape index (κ2) is 4.45. The zero-order chi connectivity index (χ0) is 13.6. The van der Waals surface area contributed by atoms with Gasteiger partial charge in [-0.2, -0.15) is 4.37 Å². The van der Waals surface area contributed by atoms with Gasteiger partial charge >= 0.3 is 0 Å². The van der Waals surface area contributed by atoms with Crippen molar-refractivity contribution < 1.29 is 0 Å². The summed E-state index contributed by atoms with van der Waals surface area (Å²) >= 11 is 3.05. The lowest BCUT2D eigenvalue weighted by atomic mass is 10.1. The van der Waals surface area contributed by atoms with E-state index in [1.807, 2.05) is 12.3 Å². The van der Waals surface area contributed by atoms with Crippen LogP contribution in [0.25, 0.3) is 10.6 Å². The molecule has 102 valence electrons. The zero-order valence-corrected chi connectivity index (χ0v) is 13.0. The normalized spacial score (nSPS) is 20.5. The number of thiazole rings is 1. The SMILES string of the molecule is Cc1csc(-c2c(N)nsc2NCC2CC2(C)C)n1. The number of aryl methyl sites for hydroxylation is 1. The summed E-state index contributed by atoms with van der Waals surface area (Å²) in [4.78, 5) is 4.51. The van der Waals surface area contributed by atoms with E-state index in [2.05, 4.69) is 28.5 Å². The molecule has 0 amide bonds. The number of rotatable bonds is 4. The van der Waals surface area contributed by atoms with Crippen LogP contribution in [0, 0.1) is 18.3 Å². The molecule has 1 saturated carbocycles. The van der Waals surface area contributed by atoms with Gasteiger partial charge in [0.2, 0.25) is 0 Å². The molecular formula is C13H18N4S2. The molecule has 4 nitrogen and oxygen atoms in total. The smallest absolute Gasteiger partial charge is 0.149 e. The Bertz CT molecular complexity index is 600. The maximum atomic E-state index is 5.98. The molecule has 1 unspecified atom stereocenters. The molecule has 2 aromatic rings. The Morgan fingerprint density at radius 3 is 2.84 bits per heavy atom. The summed E-state index contributed by atoms with van der Waals surface area (Å²) in [7, 11) is 0. The molecule has 0 radical (unpaired) electrons. The van der Waals surface area contributed by atoms with Gasteiger partial charge in [0.25, 0.3) is 0 Å². The van der Waals surface area contributed by atoms with Crippen molar-refractivity contribution in [3.8, 4) is 10.6 Å². The summed E-state index contributed by atoms with van der Waals surface area (Å²) in [5.41, 5.74) is 8.47.